The quantitative estimate of drug-likeness (QED) is 0.696. The number of thiazole rings is 1. The molecule has 4 rings (SSSR count). The highest BCUT2D eigenvalue weighted by molar-refractivity contribution is 7.22. The zero-order valence-electron chi connectivity index (χ0n) is 14.5. The van der Waals surface area contributed by atoms with Gasteiger partial charge in [-0.15, -0.1) is 11.3 Å². The zero-order chi connectivity index (χ0) is 17.9. The van der Waals surface area contributed by atoms with Gasteiger partial charge in [0.1, 0.15) is 0 Å². The van der Waals surface area contributed by atoms with Crippen molar-refractivity contribution in [3.63, 3.8) is 0 Å². The van der Waals surface area contributed by atoms with E-state index in [1.54, 1.807) is 28.7 Å². The molecule has 1 aliphatic heterocycles. The molecular weight excluding hydrogens is 364 g/mol. The topological polar surface area (TPSA) is 48.5 Å². The van der Waals surface area contributed by atoms with Crippen molar-refractivity contribution in [2.24, 2.45) is 0 Å². The van der Waals surface area contributed by atoms with E-state index in [1.165, 1.54) is 0 Å². The lowest BCUT2D eigenvalue weighted by Crippen LogP contribution is -2.44. The lowest BCUT2D eigenvalue weighted by molar-refractivity contribution is -0.111. The normalized spacial score (nSPS) is 15.8. The van der Waals surface area contributed by atoms with E-state index in [2.05, 4.69) is 22.2 Å². The van der Waals surface area contributed by atoms with Crippen molar-refractivity contribution in [3.05, 3.63) is 46.7 Å². The number of thiophene rings is 1. The van der Waals surface area contributed by atoms with Crippen molar-refractivity contribution < 1.29 is 4.79 Å². The summed E-state index contributed by atoms with van der Waals surface area (Å²) in [4.78, 5) is 22.6. The SMILES string of the molecule is CN1CCN(c2nc3ccc(NC(=O)C=Cc4cccs4)cc3s2)CC1. The van der Waals surface area contributed by atoms with Crippen LogP contribution in [0.5, 0.6) is 0 Å². The van der Waals surface area contributed by atoms with E-state index >= 15 is 0 Å². The Morgan fingerprint density at radius 2 is 2.08 bits per heavy atom. The molecule has 0 atom stereocenters. The molecule has 1 saturated heterocycles. The highest BCUT2D eigenvalue weighted by Crippen LogP contribution is 2.31. The summed E-state index contributed by atoms with van der Waals surface area (Å²) in [5.74, 6) is -0.124. The monoisotopic (exact) mass is 384 g/mol. The fourth-order valence-electron chi connectivity index (χ4n) is 2.85. The Morgan fingerprint density at radius 1 is 1.23 bits per heavy atom. The third-order valence-electron chi connectivity index (χ3n) is 4.36. The first-order valence-corrected chi connectivity index (χ1v) is 10.2. The van der Waals surface area contributed by atoms with Crippen molar-refractivity contribution >= 4 is 55.7 Å². The molecule has 26 heavy (non-hydrogen) atoms. The largest absolute Gasteiger partial charge is 0.345 e. The molecule has 0 radical (unpaired) electrons. The molecule has 0 spiro atoms. The summed E-state index contributed by atoms with van der Waals surface area (Å²) in [7, 11) is 2.15. The fraction of sp³-hybridized carbons (Fsp3) is 0.263. The molecule has 7 heteroatoms. The number of hydrogen-bond donors (Lipinski definition) is 1. The second kappa shape index (κ2) is 7.57. The van der Waals surface area contributed by atoms with Gasteiger partial charge in [0, 0.05) is 42.8 Å². The number of carbonyl (C=O) groups is 1. The highest BCUT2D eigenvalue weighted by Gasteiger charge is 2.17. The predicted molar refractivity (Wildman–Crippen MR) is 111 cm³/mol. The van der Waals surface area contributed by atoms with E-state index in [1.807, 2.05) is 41.8 Å². The number of benzene rings is 1. The van der Waals surface area contributed by atoms with Gasteiger partial charge >= 0.3 is 0 Å². The van der Waals surface area contributed by atoms with Crippen molar-refractivity contribution in [2.75, 3.05) is 43.4 Å². The second-order valence-electron chi connectivity index (χ2n) is 6.31. The van der Waals surface area contributed by atoms with Crippen molar-refractivity contribution in [2.45, 2.75) is 0 Å². The van der Waals surface area contributed by atoms with Gasteiger partial charge < -0.3 is 15.1 Å². The van der Waals surface area contributed by atoms with Gasteiger partial charge in [0.2, 0.25) is 5.91 Å². The average molecular weight is 385 g/mol. The Bertz CT molecular complexity index is 924. The van der Waals surface area contributed by atoms with Gasteiger partial charge in [-0.1, -0.05) is 17.4 Å². The summed E-state index contributed by atoms with van der Waals surface area (Å²) in [6, 6.07) is 9.84. The van der Waals surface area contributed by atoms with E-state index in [4.69, 9.17) is 4.98 Å². The van der Waals surface area contributed by atoms with Gasteiger partial charge in [-0.25, -0.2) is 4.98 Å². The smallest absolute Gasteiger partial charge is 0.248 e. The van der Waals surface area contributed by atoms with Crippen molar-refractivity contribution in [1.82, 2.24) is 9.88 Å². The molecule has 1 fully saturated rings. The molecule has 0 bridgehead atoms. The minimum atomic E-state index is -0.124. The molecule has 0 saturated carbocycles. The lowest BCUT2D eigenvalue weighted by Gasteiger charge is -2.31. The number of nitrogens with zero attached hydrogens (tertiary/aromatic N) is 3. The molecule has 1 aromatic carbocycles. The molecule has 134 valence electrons. The van der Waals surface area contributed by atoms with Crippen molar-refractivity contribution in [3.8, 4) is 0 Å². The molecule has 5 nitrogen and oxygen atoms in total. The number of fused-ring (bicyclic) bond motifs is 1. The summed E-state index contributed by atoms with van der Waals surface area (Å²) < 4.78 is 1.10. The van der Waals surface area contributed by atoms with E-state index < -0.39 is 0 Å². The Kier molecular flexibility index (Phi) is 5.01. The summed E-state index contributed by atoms with van der Waals surface area (Å²) in [6.07, 6.45) is 3.40. The standard InChI is InChI=1S/C19H20N4OS2/c1-22-8-10-23(11-9-22)19-21-16-6-4-14(13-17(16)26-19)20-18(24)7-5-15-3-2-12-25-15/h2-7,12-13H,8-11H2,1H3,(H,20,24). The number of amides is 1. The van der Waals surface area contributed by atoms with Crippen LogP contribution in [0.4, 0.5) is 10.8 Å². The van der Waals surface area contributed by atoms with E-state index in [0.29, 0.717) is 0 Å². The first-order chi connectivity index (χ1) is 12.7. The minimum absolute atomic E-state index is 0.124. The summed E-state index contributed by atoms with van der Waals surface area (Å²) in [5.41, 5.74) is 1.78. The maximum absolute atomic E-state index is 12.1. The zero-order valence-corrected chi connectivity index (χ0v) is 16.1. The number of piperazine rings is 1. The van der Waals surface area contributed by atoms with E-state index in [9.17, 15) is 4.79 Å². The number of aromatic nitrogens is 1. The molecule has 0 unspecified atom stereocenters. The van der Waals surface area contributed by atoms with Crippen LogP contribution >= 0.6 is 22.7 Å². The van der Waals surface area contributed by atoms with E-state index in [-0.39, 0.29) is 5.91 Å². The third-order valence-corrected chi connectivity index (χ3v) is 6.28. The maximum atomic E-state index is 12.1. The molecule has 1 amide bonds. The van der Waals surface area contributed by atoms with Gasteiger partial charge in [-0.3, -0.25) is 4.79 Å². The molecule has 1 aliphatic rings. The molecule has 0 aliphatic carbocycles. The summed E-state index contributed by atoms with van der Waals surface area (Å²) in [5, 5.41) is 5.99. The van der Waals surface area contributed by atoms with Crippen molar-refractivity contribution in [1.29, 1.82) is 0 Å². The molecule has 3 heterocycles. The maximum Gasteiger partial charge on any atom is 0.248 e. The number of likely N-dealkylation sites (N-methyl/N-ethyl adjacent to an activating group) is 1. The van der Waals surface area contributed by atoms with Crippen LogP contribution in [0.3, 0.4) is 0 Å². The van der Waals surface area contributed by atoms with Gasteiger partial charge in [-0.2, -0.15) is 0 Å². The fourth-order valence-corrected chi connectivity index (χ4v) is 4.53. The number of nitrogens with one attached hydrogen (secondary N) is 1. The number of carbonyl (C=O) groups excluding carboxylic acids is 1. The third kappa shape index (κ3) is 3.95. The highest BCUT2D eigenvalue weighted by atomic mass is 32.1. The van der Waals surface area contributed by atoms with Gasteiger partial charge in [0.05, 0.1) is 10.2 Å². The first kappa shape index (κ1) is 17.2. The lowest BCUT2D eigenvalue weighted by atomic mass is 10.3. The predicted octanol–water partition coefficient (Wildman–Crippen LogP) is 3.76. The van der Waals surface area contributed by atoms with Crippen LogP contribution < -0.4 is 10.2 Å². The van der Waals surface area contributed by atoms with Crippen LogP contribution in [0, 0.1) is 0 Å². The molecule has 3 aromatic rings. The van der Waals surface area contributed by atoms with Gasteiger partial charge in [-0.05, 0) is 42.8 Å². The number of rotatable bonds is 4. The van der Waals surface area contributed by atoms with Crippen LogP contribution in [0.2, 0.25) is 0 Å². The van der Waals surface area contributed by atoms with Gasteiger partial charge in [0.25, 0.3) is 0 Å². The minimum Gasteiger partial charge on any atom is -0.345 e. The van der Waals surface area contributed by atoms with Crippen LogP contribution in [0.15, 0.2) is 41.8 Å². The molecule has 1 N–H and O–H groups in total. The van der Waals surface area contributed by atoms with Crippen LogP contribution in [-0.2, 0) is 4.79 Å². The van der Waals surface area contributed by atoms with Crippen LogP contribution in [-0.4, -0.2) is 49.0 Å². The molecule has 2 aromatic heterocycles. The summed E-state index contributed by atoms with van der Waals surface area (Å²) >= 11 is 3.29. The summed E-state index contributed by atoms with van der Waals surface area (Å²) in [6.45, 7) is 4.14. The Hall–Kier alpha value is -2.22. The Morgan fingerprint density at radius 3 is 2.85 bits per heavy atom. The van der Waals surface area contributed by atoms with Gasteiger partial charge in [0.15, 0.2) is 5.13 Å². The number of anilines is 2. The van der Waals surface area contributed by atoms with E-state index in [0.717, 1.165) is 52.1 Å². The average Bonchev–Trinajstić information content (AvgIpc) is 3.30. The molecular formula is C19H20N4OS2. The second-order valence-corrected chi connectivity index (χ2v) is 8.30. The first-order valence-electron chi connectivity index (χ1n) is 8.54. The van der Waals surface area contributed by atoms with Crippen LogP contribution in [0.1, 0.15) is 4.88 Å². The van der Waals surface area contributed by atoms with Crippen LogP contribution in [0.25, 0.3) is 16.3 Å². The Balaban J connectivity index is 1.46. The Labute approximate surface area is 160 Å². The number of hydrogen-bond acceptors (Lipinski definition) is 6.